The van der Waals surface area contributed by atoms with Gasteiger partial charge in [-0.2, -0.15) is 0 Å². The van der Waals surface area contributed by atoms with Crippen LogP contribution in [0, 0.1) is 11.8 Å². The lowest BCUT2D eigenvalue weighted by Gasteiger charge is -2.29. The van der Waals surface area contributed by atoms with Crippen molar-refractivity contribution in [1.82, 2.24) is 14.9 Å². The van der Waals surface area contributed by atoms with Gasteiger partial charge in [-0.25, -0.2) is 8.42 Å². The summed E-state index contributed by atoms with van der Waals surface area (Å²) in [5, 5.41) is 3.06. The summed E-state index contributed by atoms with van der Waals surface area (Å²) in [6.07, 6.45) is 4.59. The zero-order valence-corrected chi connectivity index (χ0v) is 19.0. The first-order valence-electron chi connectivity index (χ1n) is 11.0. The molecule has 0 radical (unpaired) electrons. The van der Waals surface area contributed by atoms with Gasteiger partial charge in [0.15, 0.2) is 0 Å². The lowest BCUT2D eigenvalue weighted by Crippen LogP contribution is -2.43. The zero-order chi connectivity index (χ0) is 21.7. The molecular weight excluding hydrogens is 400 g/mol. The third kappa shape index (κ3) is 5.40. The second-order valence-corrected chi connectivity index (χ2v) is 10.3. The van der Waals surface area contributed by atoms with Crippen LogP contribution in [0.15, 0.2) is 34.2 Å². The van der Waals surface area contributed by atoms with Crippen molar-refractivity contribution in [2.75, 3.05) is 26.2 Å². The van der Waals surface area contributed by atoms with Gasteiger partial charge in [0, 0.05) is 18.7 Å². The molecule has 0 saturated carbocycles. The van der Waals surface area contributed by atoms with E-state index in [4.69, 9.17) is 0 Å². The molecule has 2 N–H and O–H groups in total. The quantitative estimate of drug-likeness (QED) is 0.657. The minimum absolute atomic E-state index is 0.00725. The molecule has 7 nitrogen and oxygen atoms in total. The van der Waals surface area contributed by atoms with E-state index in [1.165, 1.54) is 19.3 Å². The van der Waals surface area contributed by atoms with Crippen molar-refractivity contribution in [1.29, 1.82) is 0 Å². The van der Waals surface area contributed by atoms with E-state index in [0.29, 0.717) is 18.0 Å². The number of rotatable bonds is 8. The van der Waals surface area contributed by atoms with Crippen molar-refractivity contribution in [2.24, 2.45) is 16.8 Å². The number of likely N-dealkylation sites (tertiary alicyclic amines) is 1. The van der Waals surface area contributed by atoms with Crippen LogP contribution in [0.25, 0.3) is 0 Å². The van der Waals surface area contributed by atoms with Crippen LogP contribution >= 0.6 is 0 Å². The Morgan fingerprint density at radius 3 is 2.60 bits per heavy atom. The van der Waals surface area contributed by atoms with Gasteiger partial charge in [0.2, 0.25) is 5.91 Å². The molecule has 1 amide bonds. The van der Waals surface area contributed by atoms with E-state index in [-0.39, 0.29) is 22.6 Å². The summed E-state index contributed by atoms with van der Waals surface area (Å²) in [7, 11) is -3.62. The van der Waals surface area contributed by atoms with Crippen LogP contribution in [-0.4, -0.2) is 57.3 Å². The molecule has 2 aliphatic heterocycles. The molecule has 3 rings (SSSR count). The second-order valence-electron chi connectivity index (χ2n) is 8.62. The summed E-state index contributed by atoms with van der Waals surface area (Å²) in [6.45, 7) is 9.99. The molecule has 30 heavy (non-hydrogen) atoms. The Balaban J connectivity index is 1.69. The van der Waals surface area contributed by atoms with Crippen LogP contribution in [0.4, 0.5) is 0 Å². The number of carbonyl (C=O) groups excluding carboxylic acids is 1. The van der Waals surface area contributed by atoms with Gasteiger partial charge in [0.05, 0.1) is 4.90 Å². The Morgan fingerprint density at radius 1 is 1.20 bits per heavy atom. The van der Waals surface area contributed by atoms with Crippen LogP contribution in [-0.2, 0) is 14.8 Å². The van der Waals surface area contributed by atoms with Crippen LogP contribution in [0.5, 0.6) is 0 Å². The largest absolute Gasteiger partial charge is 0.354 e. The zero-order valence-electron chi connectivity index (χ0n) is 18.2. The maximum absolute atomic E-state index is 13.0. The average Bonchev–Trinajstić information content (AvgIpc) is 3.00. The number of sulfonamides is 1. The maximum atomic E-state index is 13.0. The number of hydrogen-bond acceptors (Lipinski definition) is 5. The molecule has 2 aliphatic rings. The molecule has 1 aromatic carbocycles. The van der Waals surface area contributed by atoms with E-state index < -0.39 is 16.1 Å². The summed E-state index contributed by atoms with van der Waals surface area (Å²) >= 11 is 0. The molecule has 0 spiro atoms. The van der Waals surface area contributed by atoms with Crippen molar-refractivity contribution >= 4 is 21.8 Å². The highest BCUT2D eigenvalue weighted by Crippen LogP contribution is 2.24. The van der Waals surface area contributed by atoms with Gasteiger partial charge in [-0.15, -0.1) is 0 Å². The molecule has 0 bridgehead atoms. The summed E-state index contributed by atoms with van der Waals surface area (Å²) in [4.78, 5) is 20.3. The van der Waals surface area contributed by atoms with E-state index >= 15 is 0 Å². The molecule has 1 aromatic rings. The van der Waals surface area contributed by atoms with Gasteiger partial charge in [-0.05, 0) is 49.9 Å². The molecule has 3 atom stereocenters. The van der Waals surface area contributed by atoms with Gasteiger partial charge in [-0.1, -0.05) is 45.7 Å². The highest BCUT2D eigenvalue weighted by Gasteiger charge is 2.33. The summed E-state index contributed by atoms with van der Waals surface area (Å²) in [6, 6.07) is 6.10. The van der Waals surface area contributed by atoms with Gasteiger partial charge in [-0.3, -0.25) is 14.5 Å². The number of piperidine rings is 1. The highest BCUT2D eigenvalue weighted by atomic mass is 32.2. The first-order valence-corrected chi connectivity index (χ1v) is 12.5. The number of nitrogens with zero attached hydrogens (tertiary/aromatic N) is 2. The fourth-order valence-electron chi connectivity index (χ4n) is 4.06. The lowest BCUT2D eigenvalue weighted by atomic mass is 9.98. The molecule has 8 heteroatoms. The summed E-state index contributed by atoms with van der Waals surface area (Å²) < 4.78 is 27.2. The predicted octanol–water partition coefficient (Wildman–Crippen LogP) is 2.38. The Bertz CT molecular complexity index is 878. The standard InChI is InChI=1S/C22H34N4O3S/c1-4-17(3)20(22(27)23-14-16(2)15-26-12-8-5-9-13-26)24-21-18-10-6-7-11-19(18)30(28,29)25-21/h6-7,10-11,16-17,20H,4-5,8-9,12-15H2,1-3H3,(H,23,27)(H,24,25)/t16?,17-,20-/m0/s1. The van der Waals surface area contributed by atoms with Crippen LogP contribution in [0.3, 0.4) is 0 Å². The maximum Gasteiger partial charge on any atom is 0.263 e. The van der Waals surface area contributed by atoms with E-state index in [2.05, 4.69) is 26.9 Å². The van der Waals surface area contributed by atoms with E-state index in [0.717, 1.165) is 26.1 Å². The summed E-state index contributed by atoms with van der Waals surface area (Å²) in [5.74, 6) is 0.452. The van der Waals surface area contributed by atoms with Crippen LogP contribution in [0.2, 0.25) is 0 Å². The molecule has 1 fully saturated rings. The number of hydrogen-bond donors (Lipinski definition) is 2. The minimum atomic E-state index is -3.62. The van der Waals surface area contributed by atoms with Gasteiger partial charge in [0.1, 0.15) is 11.9 Å². The molecule has 0 aliphatic carbocycles. The van der Waals surface area contributed by atoms with E-state index in [1.807, 2.05) is 13.8 Å². The highest BCUT2D eigenvalue weighted by molar-refractivity contribution is 7.90. The van der Waals surface area contributed by atoms with Crippen molar-refractivity contribution in [3.05, 3.63) is 29.8 Å². The average molecular weight is 435 g/mol. The van der Waals surface area contributed by atoms with Crippen molar-refractivity contribution in [3.63, 3.8) is 0 Å². The van der Waals surface area contributed by atoms with Gasteiger partial charge < -0.3 is 10.2 Å². The fraction of sp³-hybridized carbons (Fsp3) is 0.636. The number of amidine groups is 1. The Morgan fingerprint density at radius 2 is 1.90 bits per heavy atom. The third-order valence-electron chi connectivity index (χ3n) is 6.03. The van der Waals surface area contributed by atoms with Crippen molar-refractivity contribution in [2.45, 2.75) is 57.4 Å². The first kappa shape index (κ1) is 22.7. The summed E-state index contributed by atoms with van der Waals surface area (Å²) in [5.41, 5.74) is 0.525. The van der Waals surface area contributed by atoms with E-state index in [9.17, 15) is 13.2 Å². The smallest absolute Gasteiger partial charge is 0.263 e. The Kier molecular flexibility index (Phi) is 7.52. The Hall–Kier alpha value is -1.93. The second kappa shape index (κ2) is 9.92. The SMILES string of the molecule is CC[C@H](C)[C@H](N=C1NS(=O)(=O)c2ccccc21)C(=O)NCC(C)CN1CCCCC1. The topological polar surface area (TPSA) is 90.9 Å². The minimum Gasteiger partial charge on any atom is -0.354 e. The van der Waals surface area contributed by atoms with E-state index in [1.54, 1.807) is 24.3 Å². The first-order chi connectivity index (χ1) is 14.3. The molecule has 1 unspecified atom stereocenters. The van der Waals surface area contributed by atoms with Crippen molar-refractivity contribution in [3.8, 4) is 0 Å². The van der Waals surface area contributed by atoms with Gasteiger partial charge in [0.25, 0.3) is 10.0 Å². The fourth-order valence-corrected chi connectivity index (χ4v) is 5.30. The van der Waals surface area contributed by atoms with Crippen molar-refractivity contribution < 1.29 is 13.2 Å². The van der Waals surface area contributed by atoms with Crippen LogP contribution in [0.1, 0.15) is 52.0 Å². The number of nitrogens with one attached hydrogen (secondary N) is 2. The molecule has 2 heterocycles. The lowest BCUT2D eigenvalue weighted by molar-refractivity contribution is -0.123. The van der Waals surface area contributed by atoms with Crippen LogP contribution < -0.4 is 10.0 Å². The molecular formula is C22H34N4O3S. The number of carbonyl (C=O) groups is 1. The number of aliphatic imine (C=N–C) groups is 1. The number of fused-ring (bicyclic) bond motifs is 1. The normalized spacial score (nSPS) is 22.7. The molecule has 166 valence electrons. The Labute approximate surface area is 180 Å². The monoisotopic (exact) mass is 434 g/mol. The third-order valence-corrected chi connectivity index (χ3v) is 7.42. The number of amides is 1. The molecule has 0 aromatic heterocycles. The predicted molar refractivity (Wildman–Crippen MR) is 119 cm³/mol. The molecule has 1 saturated heterocycles. The number of benzene rings is 1. The van der Waals surface area contributed by atoms with Gasteiger partial charge >= 0.3 is 0 Å².